The molecule has 0 aliphatic rings. The quantitative estimate of drug-likeness (QED) is 0.198. The number of hydrogen-bond donors (Lipinski definition) is 0. The molecule has 3 nitrogen and oxygen atoms in total. The first-order valence-electron chi connectivity index (χ1n) is 7.16. The first-order chi connectivity index (χ1) is 8.81. The minimum absolute atomic E-state index is 0.356. The van der Waals surface area contributed by atoms with Crippen molar-refractivity contribution in [2.24, 2.45) is 0 Å². The predicted molar refractivity (Wildman–Crippen MR) is 83.2 cm³/mol. The molecule has 4 heteroatoms. The van der Waals surface area contributed by atoms with Crippen molar-refractivity contribution in [2.45, 2.75) is 71.1 Å². The molecule has 0 atom stereocenters. The average Bonchev–Trinajstić information content (AvgIpc) is 2.36. The molecule has 0 aliphatic carbocycles. The Morgan fingerprint density at radius 3 is 1.83 bits per heavy atom. The lowest BCUT2D eigenvalue weighted by Crippen LogP contribution is -2.06. The fourth-order valence-corrected chi connectivity index (χ4v) is 2.09. The Morgan fingerprint density at radius 2 is 1.33 bits per heavy atom. The first-order valence-corrected chi connectivity index (χ1v) is 8.69. The van der Waals surface area contributed by atoms with Gasteiger partial charge in [-0.25, -0.2) is 4.79 Å². The number of carbonyl (C=O) groups is 1. The summed E-state index contributed by atoms with van der Waals surface area (Å²) >= 11 is 1.97. The van der Waals surface area contributed by atoms with Crippen molar-refractivity contribution in [1.29, 1.82) is 0 Å². The average molecular weight is 370 g/mol. The third-order valence-corrected chi connectivity index (χ3v) is 3.20. The van der Waals surface area contributed by atoms with Gasteiger partial charge < -0.3 is 9.47 Å². The van der Waals surface area contributed by atoms with E-state index >= 15 is 0 Å². The van der Waals surface area contributed by atoms with Crippen molar-refractivity contribution >= 4 is 28.7 Å². The van der Waals surface area contributed by atoms with Crippen LogP contribution >= 0.6 is 22.6 Å². The molecule has 0 aromatic rings. The van der Waals surface area contributed by atoms with Gasteiger partial charge in [-0.2, -0.15) is 0 Å². The van der Waals surface area contributed by atoms with E-state index in [1.54, 1.807) is 0 Å². The molecule has 0 heterocycles. The summed E-state index contributed by atoms with van der Waals surface area (Å²) in [4.78, 5) is 10.9. The molecule has 0 aromatic carbocycles. The fourth-order valence-electron chi connectivity index (χ4n) is 1.83. The van der Waals surface area contributed by atoms with Crippen LogP contribution in [-0.2, 0) is 9.47 Å². The van der Waals surface area contributed by atoms with E-state index in [0.29, 0.717) is 11.2 Å². The maximum absolute atomic E-state index is 10.9. The van der Waals surface area contributed by atoms with Crippen LogP contribution < -0.4 is 0 Å². The van der Waals surface area contributed by atoms with Crippen molar-refractivity contribution in [3.8, 4) is 0 Å². The smallest absolute Gasteiger partial charge is 0.434 e. The maximum Gasteiger partial charge on any atom is 0.509 e. The highest BCUT2D eigenvalue weighted by Crippen LogP contribution is 2.10. The summed E-state index contributed by atoms with van der Waals surface area (Å²) in [5, 5.41) is 0. The third-order valence-electron chi connectivity index (χ3n) is 2.89. The molecule has 0 rings (SSSR count). The van der Waals surface area contributed by atoms with Crippen LogP contribution in [0.25, 0.3) is 0 Å². The Hall–Kier alpha value is 0. The molecule has 0 saturated heterocycles. The van der Waals surface area contributed by atoms with Gasteiger partial charge in [-0.3, -0.25) is 0 Å². The van der Waals surface area contributed by atoms with Crippen molar-refractivity contribution in [1.82, 2.24) is 0 Å². The zero-order valence-electron chi connectivity index (χ0n) is 11.6. The Labute approximate surface area is 125 Å². The van der Waals surface area contributed by atoms with Gasteiger partial charge in [0.1, 0.15) is 4.61 Å². The Balaban J connectivity index is 3.01. The standard InChI is InChI=1S/C14H27IO3/c1-2-3-4-5-6-7-8-9-10-11-12-17-14(16)18-13-15/h2-13H2,1H3. The molecule has 0 radical (unpaired) electrons. The second-order valence-corrected chi connectivity index (χ2v) is 5.16. The number of carbonyl (C=O) groups excluding carboxylic acids is 1. The largest absolute Gasteiger partial charge is 0.509 e. The summed E-state index contributed by atoms with van der Waals surface area (Å²) in [7, 11) is 0. The Kier molecular flexibility index (Phi) is 15.1. The summed E-state index contributed by atoms with van der Waals surface area (Å²) in [5.74, 6) is 0. The SMILES string of the molecule is CCCCCCCCCCCCOC(=O)OCI. The van der Waals surface area contributed by atoms with Crippen molar-refractivity contribution < 1.29 is 14.3 Å². The molecule has 0 N–H and O–H groups in total. The van der Waals surface area contributed by atoms with Gasteiger partial charge in [0, 0.05) is 0 Å². The lowest BCUT2D eigenvalue weighted by Gasteiger charge is -2.04. The number of hydrogen-bond acceptors (Lipinski definition) is 3. The summed E-state index contributed by atoms with van der Waals surface area (Å²) in [6.45, 7) is 2.74. The van der Waals surface area contributed by atoms with E-state index in [9.17, 15) is 4.79 Å². The zero-order chi connectivity index (χ0) is 13.5. The monoisotopic (exact) mass is 370 g/mol. The molecule has 0 unspecified atom stereocenters. The van der Waals surface area contributed by atoms with Crippen molar-refractivity contribution in [2.75, 3.05) is 11.2 Å². The summed E-state index contributed by atoms with van der Waals surface area (Å²) in [6, 6.07) is 0. The van der Waals surface area contributed by atoms with Crippen LogP contribution in [0.1, 0.15) is 71.1 Å². The van der Waals surface area contributed by atoms with Gasteiger partial charge in [0.15, 0.2) is 0 Å². The second-order valence-electron chi connectivity index (χ2n) is 4.53. The Morgan fingerprint density at radius 1 is 0.833 bits per heavy atom. The summed E-state index contributed by atoms with van der Waals surface area (Å²) in [6.07, 6.45) is 12.3. The number of alkyl halides is 1. The molecule has 0 fully saturated rings. The predicted octanol–water partition coefficient (Wildman–Crippen LogP) is 5.45. The minimum Gasteiger partial charge on any atom is -0.434 e. The molecule has 18 heavy (non-hydrogen) atoms. The number of unbranched alkanes of at least 4 members (excludes halogenated alkanes) is 9. The van der Waals surface area contributed by atoms with Gasteiger partial charge >= 0.3 is 6.16 Å². The van der Waals surface area contributed by atoms with Crippen molar-refractivity contribution in [3.05, 3.63) is 0 Å². The van der Waals surface area contributed by atoms with Gasteiger partial charge in [-0.15, -0.1) is 0 Å². The van der Waals surface area contributed by atoms with Gasteiger partial charge in [0.2, 0.25) is 0 Å². The van der Waals surface area contributed by atoms with E-state index in [4.69, 9.17) is 4.74 Å². The van der Waals surface area contributed by atoms with Crippen LogP contribution in [0.3, 0.4) is 0 Å². The normalized spacial score (nSPS) is 10.3. The summed E-state index contributed by atoms with van der Waals surface area (Å²) < 4.78 is 9.90. The van der Waals surface area contributed by atoms with Gasteiger partial charge in [0.05, 0.1) is 6.61 Å². The fraction of sp³-hybridized carbons (Fsp3) is 0.929. The highest BCUT2D eigenvalue weighted by Gasteiger charge is 2.00. The molecule has 0 amide bonds. The number of ether oxygens (including phenoxy) is 2. The first kappa shape index (κ1) is 18.0. The lowest BCUT2D eigenvalue weighted by molar-refractivity contribution is 0.0694. The molecule has 0 aromatic heterocycles. The molecule has 108 valence electrons. The highest BCUT2D eigenvalue weighted by atomic mass is 127. The van der Waals surface area contributed by atoms with Crippen LogP contribution in [-0.4, -0.2) is 17.4 Å². The van der Waals surface area contributed by atoms with E-state index < -0.39 is 6.16 Å². The molecule has 0 spiro atoms. The number of halogens is 1. The minimum atomic E-state index is -0.541. The number of rotatable bonds is 12. The van der Waals surface area contributed by atoms with E-state index in [0.717, 1.165) is 12.8 Å². The van der Waals surface area contributed by atoms with Gasteiger partial charge in [-0.05, 0) is 29.0 Å². The molecule has 0 bridgehead atoms. The Bertz CT molecular complexity index is 186. The topological polar surface area (TPSA) is 35.5 Å². The van der Waals surface area contributed by atoms with Crippen molar-refractivity contribution in [3.63, 3.8) is 0 Å². The summed E-state index contributed by atoms with van der Waals surface area (Å²) in [5.41, 5.74) is 0. The molecular formula is C14H27IO3. The highest BCUT2D eigenvalue weighted by molar-refractivity contribution is 14.1. The molecular weight excluding hydrogens is 343 g/mol. The molecule has 0 aliphatic heterocycles. The third kappa shape index (κ3) is 14.1. The van der Waals surface area contributed by atoms with E-state index in [2.05, 4.69) is 11.7 Å². The van der Waals surface area contributed by atoms with E-state index in [1.807, 2.05) is 22.6 Å². The maximum atomic E-state index is 10.9. The lowest BCUT2D eigenvalue weighted by atomic mass is 10.1. The zero-order valence-corrected chi connectivity index (χ0v) is 13.7. The van der Waals surface area contributed by atoms with Crippen LogP contribution in [0, 0.1) is 0 Å². The molecule has 0 saturated carbocycles. The van der Waals surface area contributed by atoms with Gasteiger partial charge in [0.25, 0.3) is 0 Å². The van der Waals surface area contributed by atoms with Gasteiger partial charge in [-0.1, -0.05) is 64.7 Å². The second kappa shape index (κ2) is 15.1. The van der Waals surface area contributed by atoms with Crippen LogP contribution in [0.5, 0.6) is 0 Å². The van der Waals surface area contributed by atoms with E-state index in [1.165, 1.54) is 51.4 Å². The van der Waals surface area contributed by atoms with Crippen LogP contribution in [0.4, 0.5) is 4.79 Å². The van der Waals surface area contributed by atoms with Crippen LogP contribution in [0.15, 0.2) is 0 Å². The van der Waals surface area contributed by atoms with E-state index in [-0.39, 0.29) is 0 Å². The van der Waals surface area contributed by atoms with Crippen LogP contribution in [0.2, 0.25) is 0 Å².